The zero-order valence-corrected chi connectivity index (χ0v) is 12.3. The molecular weight excluding hydrogens is 381 g/mol. The van der Waals surface area contributed by atoms with Crippen molar-refractivity contribution in [2.24, 2.45) is 0 Å². The average Bonchev–Trinajstić information content (AvgIpc) is 2.13. The van der Waals surface area contributed by atoms with Gasteiger partial charge in [-0.05, 0) is 47.7 Å². The van der Waals surface area contributed by atoms with Gasteiger partial charge in [0.25, 0.3) is 16.5 Å². The number of alkyl halides is 2. The third-order valence-electron chi connectivity index (χ3n) is 2.08. The molecule has 0 aromatic heterocycles. The van der Waals surface area contributed by atoms with Crippen molar-refractivity contribution < 1.29 is 26.5 Å². The van der Waals surface area contributed by atoms with Gasteiger partial charge in [0, 0.05) is 3.57 Å². The summed E-state index contributed by atoms with van der Waals surface area (Å²) in [5.41, 5.74) is -2.29. The SMILES string of the molecule is CC(CS(=O)(=O)O)(Oc1cccc(I)c1)C(F)F. The number of rotatable bonds is 5. The number of halogens is 3. The number of hydrogen-bond donors (Lipinski definition) is 1. The van der Waals surface area contributed by atoms with Crippen LogP contribution in [0, 0.1) is 3.57 Å². The molecule has 0 aliphatic rings. The minimum Gasteiger partial charge on any atom is -0.480 e. The normalized spacial score (nSPS) is 15.4. The molecule has 0 radical (unpaired) electrons. The Morgan fingerprint density at radius 2 is 2.11 bits per heavy atom. The molecule has 0 fully saturated rings. The summed E-state index contributed by atoms with van der Waals surface area (Å²) < 4.78 is 61.8. The first-order valence-electron chi connectivity index (χ1n) is 4.80. The fourth-order valence-electron chi connectivity index (χ4n) is 1.30. The molecule has 0 aliphatic carbocycles. The first kappa shape index (κ1) is 15.6. The fourth-order valence-corrected chi connectivity index (χ4v) is 2.72. The van der Waals surface area contributed by atoms with Crippen LogP contribution in [0.3, 0.4) is 0 Å². The van der Waals surface area contributed by atoms with Gasteiger partial charge in [-0.25, -0.2) is 8.78 Å². The Labute approximate surface area is 117 Å². The molecule has 0 amide bonds. The van der Waals surface area contributed by atoms with Crippen molar-refractivity contribution in [1.29, 1.82) is 0 Å². The minimum atomic E-state index is -4.56. The standard InChI is InChI=1S/C10H11F2IO4S/c1-10(9(11)12,6-18(14,15)16)17-8-4-2-3-7(13)5-8/h2-5,9H,6H2,1H3,(H,14,15,16). The molecule has 1 rings (SSSR count). The van der Waals surface area contributed by atoms with Crippen LogP contribution in [-0.4, -0.2) is 30.7 Å². The fraction of sp³-hybridized carbons (Fsp3) is 0.400. The van der Waals surface area contributed by atoms with Gasteiger partial charge in [-0.2, -0.15) is 8.42 Å². The third-order valence-corrected chi connectivity index (χ3v) is 3.69. The molecule has 102 valence electrons. The Morgan fingerprint density at radius 3 is 2.56 bits per heavy atom. The largest absolute Gasteiger partial charge is 0.480 e. The maximum absolute atomic E-state index is 12.9. The summed E-state index contributed by atoms with van der Waals surface area (Å²) in [7, 11) is -4.56. The van der Waals surface area contributed by atoms with Crippen molar-refractivity contribution in [3.8, 4) is 5.75 Å². The van der Waals surface area contributed by atoms with E-state index in [1.165, 1.54) is 12.1 Å². The molecule has 1 aromatic carbocycles. The van der Waals surface area contributed by atoms with E-state index in [1.807, 2.05) is 22.6 Å². The van der Waals surface area contributed by atoms with Crippen molar-refractivity contribution in [2.45, 2.75) is 19.0 Å². The minimum absolute atomic E-state index is 0.119. The van der Waals surface area contributed by atoms with Gasteiger partial charge < -0.3 is 4.74 Å². The first-order valence-corrected chi connectivity index (χ1v) is 7.49. The molecule has 4 nitrogen and oxygen atoms in total. The Morgan fingerprint density at radius 1 is 1.50 bits per heavy atom. The monoisotopic (exact) mass is 392 g/mol. The van der Waals surface area contributed by atoms with Crippen LogP contribution in [0.4, 0.5) is 8.78 Å². The third kappa shape index (κ3) is 4.65. The van der Waals surface area contributed by atoms with E-state index in [0.29, 0.717) is 0 Å². The van der Waals surface area contributed by atoms with Gasteiger partial charge in [-0.15, -0.1) is 0 Å². The summed E-state index contributed by atoms with van der Waals surface area (Å²) in [4.78, 5) is 0. The van der Waals surface area contributed by atoms with Crippen LogP contribution in [-0.2, 0) is 10.1 Å². The van der Waals surface area contributed by atoms with Crippen molar-refractivity contribution >= 4 is 32.7 Å². The lowest BCUT2D eigenvalue weighted by Crippen LogP contribution is -2.46. The molecule has 0 heterocycles. The topological polar surface area (TPSA) is 63.6 Å². The second kappa shape index (κ2) is 5.66. The highest BCUT2D eigenvalue weighted by Gasteiger charge is 2.41. The van der Waals surface area contributed by atoms with Crippen LogP contribution in [0.2, 0.25) is 0 Å². The Balaban J connectivity index is 3.00. The Kier molecular flexibility index (Phi) is 4.90. The molecule has 1 atom stereocenters. The van der Waals surface area contributed by atoms with Gasteiger partial charge in [-0.1, -0.05) is 6.07 Å². The molecule has 0 saturated heterocycles. The lowest BCUT2D eigenvalue weighted by molar-refractivity contribution is -0.0494. The van der Waals surface area contributed by atoms with Crippen molar-refractivity contribution in [2.75, 3.05) is 5.75 Å². The van der Waals surface area contributed by atoms with E-state index in [9.17, 15) is 17.2 Å². The Bertz CT molecular complexity index is 520. The lowest BCUT2D eigenvalue weighted by Gasteiger charge is -2.28. The summed E-state index contributed by atoms with van der Waals surface area (Å²) in [6.45, 7) is 0.936. The van der Waals surface area contributed by atoms with Crippen molar-refractivity contribution in [3.63, 3.8) is 0 Å². The maximum Gasteiger partial charge on any atom is 0.278 e. The van der Waals surface area contributed by atoms with Gasteiger partial charge in [0.15, 0.2) is 5.60 Å². The highest BCUT2D eigenvalue weighted by Crippen LogP contribution is 2.26. The van der Waals surface area contributed by atoms with Crippen LogP contribution < -0.4 is 4.74 Å². The zero-order valence-electron chi connectivity index (χ0n) is 9.31. The summed E-state index contributed by atoms with van der Waals surface area (Å²) >= 11 is 1.97. The number of ether oxygens (including phenoxy) is 1. The number of hydrogen-bond acceptors (Lipinski definition) is 3. The van der Waals surface area contributed by atoms with Crippen LogP contribution in [0.5, 0.6) is 5.75 Å². The molecule has 0 bridgehead atoms. The molecule has 8 heteroatoms. The highest BCUT2D eigenvalue weighted by atomic mass is 127. The van der Waals surface area contributed by atoms with Crippen LogP contribution >= 0.6 is 22.6 Å². The molecule has 1 unspecified atom stereocenters. The molecule has 1 N–H and O–H groups in total. The smallest absolute Gasteiger partial charge is 0.278 e. The maximum atomic E-state index is 12.9. The molecule has 18 heavy (non-hydrogen) atoms. The van der Waals surface area contributed by atoms with Crippen LogP contribution in [0.1, 0.15) is 6.92 Å². The van der Waals surface area contributed by atoms with Crippen LogP contribution in [0.25, 0.3) is 0 Å². The van der Waals surface area contributed by atoms with Gasteiger partial charge in [-0.3, -0.25) is 4.55 Å². The molecule has 0 saturated carbocycles. The molecule has 0 aliphatic heterocycles. The zero-order chi connectivity index (χ0) is 14.0. The second-order valence-electron chi connectivity index (χ2n) is 3.90. The number of benzene rings is 1. The van der Waals surface area contributed by atoms with Gasteiger partial charge in [0.1, 0.15) is 11.5 Å². The van der Waals surface area contributed by atoms with E-state index in [0.717, 1.165) is 10.5 Å². The predicted octanol–water partition coefficient (Wildman–Crippen LogP) is 2.58. The average molecular weight is 392 g/mol. The molecule has 0 spiro atoms. The molecular formula is C10H11F2IO4S. The Hall–Kier alpha value is -0.480. The predicted molar refractivity (Wildman–Crippen MR) is 70.6 cm³/mol. The quantitative estimate of drug-likeness (QED) is 0.618. The van der Waals surface area contributed by atoms with Gasteiger partial charge in [0.2, 0.25) is 0 Å². The van der Waals surface area contributed by atoms with Crippen LogP contribution in [0.15, 0.2) is 24.3 Å². The van der Waals surface area contributed by atoms with E-state index in [2.05, 4.69) is 0 Å². The van der Waals surface area contributed by atoms with E-state index >= 15 is 0 Å². The van der Waals surface area contributed by atoms with Crippen molar-refractivity contribution in [1.82, 2.24) is 0 Å². The lowest BCUT2D eigenvalue weighted by atomic mass is 10.1. The van der Waals surface area contributed by atoms with E-state index in [4.69, 9.17) is 9.29 Å². The summed E-state index contributed by atoms with van der Waals surface area (Å²) in [5.74, 6) is -1.06. The van der Waals surface area contributed by atoms with Gasteiger partial charge >= 0.3 is 0 Å². The summed E-state index contributed by atoms with van der Waals surface area (Å²) in [6, 6.07) is 6.25. The van der Waals surface area contributed by atoms with E-state index < -0.39 is 27.9 Å². The van der Waals surface area contributed by atoms with Gasteiger partial charge in [0.05, 0.1) is 0 Å². The molecule has 1 aromatic rings. The van der Waals surface area contributed by atoms with E-state index in [1.54, 1.807) is 12.1 Å². The van der Waals surface area contributed by atoms with E-state index in [-0.39, 0.29) is 5.75 Å². The summed E-state index contributed by atoms with van der Waals surface area (Å²) in [6.07, 6.45) is -3.06. The second-order valence-corrected chi connectivity index (χ2v) is 6.60. The summed E-state index contributed by atoms with van der Waals surface area (Å²) in [5, 5.41) is 0. The van der Waals surface area contributed by atoms with Crippen molar-refractivity contribution in [3.05, 3.63) is 27.8 Å². The highest BCUT2D eigenvalue weighted by molar-refractivity contribution is 14.1. The first-order chi connectivity index (χ1) is 8.12.